The molecular weight excluding hydrogens is 238 g/mol. The molecule has 1 unspecified atom stereocenters. The first-order valence-electron chi connectivity index (χ1n) is 6.97. The third kappa shape index (κ3) is 3.91. The zero-order valence-corrected chi connectivity index (χ0v) is 12.4. The highest BCUT2D eigenvalue weighted by Crippen LogP contribution is 2.22. The third-order valence-electron chi connectivity index (χ3n) is 3.46. The molecule has 1 aliphatic heterocycles. The standard InChI is InChI=1S/C15H25N3O/c1-15(2,3)17-10-12-6-5-8-16-14(12)18(4)13-7-9-19-11-13/h5-6,8,13,17H,7,9-11H2,1-4H3. The van der Waals surface area contributed by atoms with Gasteiger partial charge in [0, 0.05) is 37.5 Å². The number of hydrogen-bond donors (Lipinski definition) is 1. The molecule has 4 heteroatoms. The van der Waals surface area contributed by atoms with Gasteiger partial charge in [0.25, 0.3) is 0 Å². The monoisotopic (exact) mass is 263 g/mol. The van der Waals surface area contributed by atoms with Gasteiger partial charge >= 0.3 is 0 Å². The summed E-state index contributed by atoms with van der Waals surface area (Å²) < 4.78 is 5.47. The first-order chi connectivity index (χ1) is 8.97. The summed E-state index contributed by atoms with van der Waals surface area (Å²) in [5, 5.41) is 3.53. The Hall–Kier alpha value is -1.13. The van der Waals surface area contributed by atoms with Crippen molar-refractivity contribution in [1.29, 1.82) is 0 Å². The summed E-state index contributed by atoms with van der Waals surface area (Å²) in [4.78, 5) is 6.81. The van der Waals surface area contributed by atoms with Crippen LogP contribution in [0.1, 0.15) is 32.8 Å². The van der Waals surface area contributed by atoms with Gasteiger partial charge in [0.1, 0.15) is 5.82 Å². The lowest BCUT2D eigenvalue weighted by Crippen LogP contribution is -2.37. The quantitative estimate of drug-likeness (QED) is 0.903. The van der Waals surface area contributed by atoms with Crippen LogP contribution in [0.2, 0.25) is 0 Å². The second-order valence-electron chi connectivity index (χ2n) is 6.22. The molecule has 1 N–H and O–H groups in total. The molecule has 1 atom stereocenters. The fraction of sp³-hybridized carbons (Fsp3) is 0.667. The minimum atomic E-state index is 0.113. The molecule has 0 aliphatic carbocycles. The summed E-state index contributed by atoms with van der Waals surface area (Å²) in [7, 11) is 2.11. The fourth-order valence-corrected chi connectivity index (χ4v) is 2.25. The number of hydrogen-bond acceptors (Lipinski definition) is 4. The van der Waals surface area contributed by atoms with Crippen molar-refractivity contribution in [2.75, 3.05) is 25.2 Å². The molecule has 0 bridgehead atoms. The molecule has 1 aromatic rings. The van der Waals surface area contributed by atoms with E-state index in [1.807, 2.05) is 12.3 Å². The Balaban J connectivity index is 2.11. The maximum Gasteiger partial charge on any atom is 0.133 e. The topological polar surface area (TPSA) is 37.4 Å². The highest BCUT2D eigenvalue weighted by molar-refractivity contribution is 5.47. The predicted molar refractivity (Wildman–Crippen MR) is 78.5 cm³/mol. The minimum Gasteiger partial charge on any atom is -0.379 e. The number of likely N-dealkylation sites (N-methyl/N-ethyl adjacent to an activating group) is 1. The van der Waals surface area contributed by atoms with E-state index in [0.717, 1.165) is 32.0 Å². The van der Waals surface area contributed by atoms with Crippen molar-refractivity contribution in [3.05, 3.63) is 23.9 Å². The van der Waals surface area contributed by atoms with E-state index in [1.54, 1.807) is 0 Å². The Morgan fingerprint density at radius 2 is 2.26 bits per heavy atom. The van der Waals surface area contributed by atoms with Crippen molar-refractivity contribution in [3.63, 3.8) is 0 Å². The Morgan fingerprint density at radius 1 is 1.47 bits per heavy atom. The molecule has 2 heterocycles. The van der Waals surface area contributed by atoms with Gasteiger partial charge in [0.2, 0.25) is 0 Å². The van der Waals surface area contributed by atoms with Crippen molar-refractivity contribution in [2.45, 2.75) is 45.3 Å². The van der Waals surface area contributed by atoms with Crippen LogP contribution in [-0.2, 0) is 11.3 Å². The highest BCUT2D eigenvalue weighted by atomic mass is 16.5. The van der Waals surface area contributed by atoms with E-state index < -0.39 is 0 Å². The Bertz CT molecular complexity index is 408. The second kappa shape index (κ2) is 5.88. The zero-order valence-electron chi connectivity index (χ0n) is 12.4. The van der Waals surface area contributed by atoms with Crippen LogP contribution in [0.3, 0.4) is 0 Å². The smallest absolute Gasteiger partial charge is 0.133 e. The number of nitrogens with one attached hydrogen (secondary N) is 1. The maximum atomic E-state index is 5.47. The molecular formula is C15H25N3O. The summed E-state index contributed by atoms with van der Waals surface area (Å²) in [6.45, 7) is 9.04. The number of aromatic nitrogens is 1. The van der Waals surface area contributed by atoms with Crippen molar-refractivity contribution >= 4 is 5.82 Å². The molecule has 0 spiro atoms. The molecule has 0 amide bonds. The molecule has 1 fully saturated rings. The normalized spacial score (nSPS) is 19.7. The summed E-state index contributed by atoms with van der Waals surface area (Å²) in [6.07, 6.45) is 2.95. The van der Waals surface area contributed by atoms with Gasteiger partial charge in [-0.3, -0.25) is 0 Å². The first-order valence-corrected chi connectivity index (χ1v) is 6.97. The Kier molecular flexibility index (Phi) is 4.42. The van der Waals surface area contributed by atoms with Crippen LogP contribution in [0, 0.1) is 0 Å². The summed E-state index contributed by atoms with van der Waals surface area (Å²) in [6, 6.07) is 4.60. The Labute approximate surface area is 116 Å². The summed E-state index contributed by atoms with van der Waals surface area (Å²) in [5.74, 6) is 1.06. The van der Waals surface area contributed by atoms with Crippen LogP contribution in [0.4, 0.5) is 5.82 Å². The van der Waals surface area contributed by atoms with Gasteiger partial charge in [-0.05, 0) is 33.3 Å². The highest BCUT2D eigenvalue weighted by Gasteiger charge is 2.23. The third-order valence-corrected chi connectivity index (χ3v) is 3.46. The predicted octanol–water partition coefficient (Wildman–Crippen LogP) is 2.19. The molecule has 4 nitrogen and oxygen atoms in total. The van der Waals surface area contributed by atoms with Crippen LogP contribution in [0.25, 0.3) is 0 Å². The van der Waals surface area contributed by atoms with Crippen molar-refractivity contribution in [1.82, 2.24) is 10.3 Å². The lowest BCUT2D eigenvalue weighted by atomic mass is 10.1. The molecule has 106 valence electrons. The molecule has 1 saturated heterocycles. The molecule has 0 radical (unpaired) electrons. The first kappa shape index (κ1) is 14.3. The lowest BCUT2D eigenvalue weighted by molar-refractivity contribution is 0.193. The van der Waals surface area contributed by atoms with E-state index >= 15 is 0 Å². The SMILES string of the molecule is CN(c1ncccc1CNC(C)(C)C)C1CCOC1. The minimum absolute atomic E-state index is 0.113. The number of nitrogens with zero attached hydrogens (tertiary/aromatic N) is 2. The number of pyridine rings is 1. The largest absolute Gasteiger partial charge is 0.379 e. The van der Waals surface area contributed by atoms with Gasteiger partial charge in [-0.25, -0.2) is 4.98 Å². The van der Waals surface area contributed by atoms with Gasteiger partial charge in [0.05, 0.1) is 12.6 Å². The van der Waals surface area contributed by atoms with Gasteiger partial charge in [-0.2, -0.15) is 0 Å². The van der Waals surface area contributed by atoms with Crippen LogP contribution in [0.15, 0.2) is 18.3 Å². The van der Waals surface area contributed by atoms with E-state index in [-0.39, 0.29) is 5.54 Å². The van der Waals surface area contributed by atoms with Crippen molar-refractivity contribution in [3.8, 4) is 0 Å². The fourth-order valence-electron chi connectivity index (χ4n) is 2.25. The van der Waals surface area contributed by atoms with Crippen molar-refractivity contribution < 1.29 is 4.74 Å². The average Bonchev–Trinajstić information content (AvgIpc) is 2.89. The molecule has 1 aromatic heterocycles. The van der Waals surface area contributed by atoms with E-state index in [9.17, 15) is 0 Å². The number of rotatable bonds is 4. The Morgan fingerprint density at radius 3 is 2.89 bits per heavy atom. The van der Waals surface area contributed by atoms with E-state index in [0.29, 0.717) is 6.04 Å². The lowest BCUT2D eigenvalue weighted by Gasteiger charge is -2.28. The van der Waals surface area contributed by atoms with Gasteiger partial charge in [0.15, 0.2) is 0 Å². The zero-order chi connectivity index (χ0) is 13.9. The summed E-state index contributed by atoms with van der Waals surface area (Å²) in [5.41, 5.74) is 1.36. The van der Waals surface area contributed by atoms with Gasteiger partial charge < -0.3 is 15.0 Å². The van der Waals surface area contributed by atoms with E-state index in [1.165, 1.54) is 5.56 Å². The van der Waals surface area contributed by atoms with Crippen LogP contribution in [-0.4, -0.2) is 36.8 Å². The number of ether oxygens (including phenoxy) is 1. The van der Waals surface area contributed by atoms with Crippen molar-refractivity contribution in [2.24, 2.45) is 0 Å². The molecule has 0 aromatic carbocycles. The average molecular weight is 263 g/mol. The van der Waals surface area contributed by atoms with Gasteiger partial charge in [-0.15, -0.1) is 0 Å². The molecule has 2 rings (SSSR count). The van der Waals surface area contributed by atoms with E-state index in [4.69, 9.17) is 4.74 Å². The maximum absolute atomic E-state index is 5.47. The molecule has 19 heavy (non-hydrogen) atoms. The molecule has 0 saturated carbocycles. The number of anilines is 1. The second-order valence-corrected chi connectivity index (χ2v) is 6.22. The van der Waals surface area contributed by atoms with Crippen LogP contribution in [0.5, 0.6) is 0 Å². The summed E-state index contributed by atoms with van der Waals surface area (Å²) >= 11 is 0. The van der Waals surface area contributed by atoms with Gasteiger partial charge in [-0.1, -0.05) is 6.07 Å². The van der Waals surface area contributed by atoms with E-state index in [2.05, 4.69) is 49.1 Å². The van der Waals surface area contributed by atoms with Crippen LogP contribution >= 0.6 is 0 Å². The van der Waals surface area contributed by atoms with Crippen LogP contribution < -0.4 is 10.2 Å². The molecule has 1 aliphatic rings.